The molecule has 2 aromatic heterocycles. The fourth-order valence-electron chi connectivity index (χ4n) is 5.52. The van der Waals surface area contributed by atoms with Crippen molar-refractivity contribution in [1.29, 1.82) is 0 Å². The van der Waals surface area contributed by atoms with E-state index >= 15 is 0 Å². The molecule has 0 unspecified atom stereocenters. The van der Waals surface area contributed by atoms with Crippen LogP contribution < -0.4 is 15.0 Å². The van der Waals surface area contributed by atoms with E-state index in [0.717, 1.165) is 22.2 Å². The first-order valence-corrected chi connectivity index (χ1v) is 11.8. The van der Waals surface area contributed by atoms with Gasteiger partial charge in [-0.3, -0.25) is 4.98 Å². The van der Waals surface area contributed by atoms with Gasteiger partial charge in [-0.05, 0) is 86.9 Å². The van der Waals surface area contributed by atoms with Crippen molar-refractivity contribution < 1.29 is 4.74 Å². The second kappa shape index (κ2) is 8.58. The molecule has 1 aliphatic heterocycles. The lowest BCUT2D eigenvalue weighted by molar-refractivity contribution is 0.415. The predicted molar refractivity (Wildman–Crippen MR) is 132 cm³/mol. The van der Waals surface area contributed by atoms with Crippen LogP contribution in [0.15, 0.2) is 54.7 Å². The fourth-order valence-corrected chi connectivity index (χ4v) is 5.86. The number of benzene rings is 1. The molecule has 2 aliphatic rings. The molecule has 5 rings (SSSR count). The van der Waals surface area contributed by atoms with E-state index in [4.69, 9.17) is 17.0 Å². The van der Waals surface area contributed by atoms with Crippen molar-refractivity contribution >= 4 is 23.0 Å². The van der Waals surface area contributed by atoms with Gasteiger partial charge in [-0.15, -0.1) is 0 Å². The summed E-state index contributed by atoms with van der Waals surface area (Å²) >= 11 is 5.88. The number of pyridine rings is 1. The largest absolute Gasteiger partial charge is 0.497 e. The molecule has 1 saturated carbocycles. The number of nitrogens with one attached hydrogen (secondary N) is 1. The predicted octanol–water partition coefficient (Wildman–Crippen LogP) is 5.80. The van der Waals surface area contributed by atoms with Crippen molar-refractivity contribution in [2.24, 2.45) is 0 Å². The van der Waals surface area contributed by atoms with Crippen LogP contribution in [0.5, 0.6) is 5.75 Å². The van der Waals surface area contributed by atoms with Crippen molar-refractivity contribution in [2.75, 3.05) is 12.0 Å². The molecular formula is C26H30N4OS. The average molecular weight is 447 g/mol. The van der Waals surface area contributed by atoms with Crippen LogP contribution in [0.2, 0.25) is 0 Å². The van der Waals surface area contributed by atoms with Crippen LogP contribution in [0.25, 0.3) is 0 Å². The smallest absolute Gasteiger partial charge is 0.174 e. The molecule has 2 fully saturated rings. The molecule has 3 aromatic rings. The van der Waals surface area contributed by atoms with Gasteiger partial charge in [0.05, 0.1) is 24.9 Å². The Labute approximate surface area is 195 Å². The number of hydrogen-bond donors (Lipinski definition) is 1. The quantitative estimate of drug-likeness (QED) is 0.502. The molecule has 0 bridgehead atoms. The maximum Gasteiger partial charge on any atom is 0.174 e. The van der Waals surface area contributed by atoms with Gasteiger partial charge >= 0.3 is 0 Å². The van der Waals surface area contributed by atoms with Crippen LogP contribution >= 0.6 is 12.2 Å². The van der Waals surface area contributed by atoms with E-state index in [-0.39, 0.29) is 12.1 Å². The Balaban J connectivity index is 1.63. The monoisotopic (exact) mass is 446 g/mol. The molecule has 5 nitrogen and oxygen atoms in total. The number of thiocarbonyl (C=S) groups is 1. The third-order valence-electron chi connectivity index (χ3n) is 6.98. The minimum Gasteiger partial charge on any atom is -0.497 e. The summed E-state index contributed by atoms with van der Waals surface area (Å²) in [6.45, 7) is 4.51. The molecule has 1 aromatic carbocycles. The van der Waals surface area contributed by atoms with Crippen molar-refractivity contribution in [3.8, 4) is 5.75 Å². The fraction of sp³-hybridized carbons (Fsp3) is 0.385. The lowest BCUT2D eigenvalue weighted by Crippen LogP contribution is -2.29. The zero-order valence-electron chi connectivity index (χ0n) is 18.9. The first-order valence-electron chi connectivity index (χ1n) is 11.4. The maximum absolute atomic E-state index is 5.88. The first kappa shape index (κ1) is 21.0. The SMILES string of the molecule is COc1ccc(N2C(=S)N[C@H](c3ccccn3)[C@@H]2c2cc(C)n(C3CCCC3)c2C)cc1. The molecule has 166 valence electrons. The van der Waals surface area contributed by atoms with E-state index in [1.54, 1.807) is 7.11 Å². The van der Waals surface area contributed by atoms with Gasteiger partial charge in [-0.1, -0.05) is 18.9 Å². The molecule has 1 saturated heterocycles. The summed E-state index contributed by atoms with van der Waals surface area (Å²) in [6, 6.07) is 17.2. The van der Waals surface area contributed by atoms with Gasteiger partial charge in [0, 0.05) is 29.3 Å². The van der Waals surface area contributed by atoms with Gasteiger partial charge in [-0.2, -0.15) is 0 Å². The van der Waals surface area contributed by atoms with E-state index in [1.807, 2.05) is 30.5 Å². The summed E-state index contributed by atoms with van der Waals surface area (Å²) in [4.78, 5) is 6.93. The second-order valence-electron chi connectivity index (χ2n) is 8.83. The number of hydrogen-bond acceptors (Lipinski definition) is 3. The van der Waals surface area contributed by atoms with Crippen molar-refractivity contribution in [1.82, 2.24) is 14.9 Å². The van der Waals surface area contributed by atoms with E-state index < -0.39 is 0 Å². The van der Waals surface area contributed by atoms with E-state index in [0.29, 0.717) is 6.04 Å². The highest BCUT2D eigenvalue weighted by Gasteiger charge is 2.42. The van der Waals surface area contributed by atoms with E-state index in [9.17, 15) is 0 Å². The van der Waals surface area contributed by atoms with Gasteiger partial charge < -0.3 is 19.5 Å². The molecule has 0 amide bonds. The van der Waals surface area contributed by atoms with Crippen LogP contribution in [-0.4, -0.2) is 21.8 Å². The summed E-state index contributed by atoms with van der Waals surface area (Å²) in [5.74, 6) is 0.837. The highest BCUT2D eigenvalue weighted by Crippen LogP contribution is 2.45. The number of aromatic nitrogens is 2. The van der Waals surface area contributed by atoms with Crippen molar-refractivity contribution in [2.45, 2.75) is 57.7 Å². The molecule has 0 spiro atoms. The van der Waals surface area contributed by atoms with Crippen molar-refractivity contribution in [3.63, 3.8) is 0 Å². The molecule has 1 aliphatic carbocycles. The highest BCUT2D eigenvalue weighted by atomic mass is 32.1. The Morgan fingerprint density at radius 2 is 1.81 bits per heavy atom. The summed E-state index contributed by atoms with van der Waals surface area (Å²) in [6.07, 6.45) is 7.03. The Morgan fingerprint density at radius 1 is 1.06 bits per heavy atom. The van der Waals surface area contributed by atoms with E-state index in [2.05, 4.69) is 57.9 Å². The number of methoxy groups -OCH3 is 1. The normalized spacial score (nSPS) is 21.2. The molecule has 32 heavy (non-hydrogen) atoms. The molecule has 6 heteroatoms. The number of nitrogens with zero attached hydrogens (tertiary/aromatic N) is 3. The zero-order chi connectivity index (χ0) is 22.2. The summed E-state index contributed by atoms with van der Waals surface area (Å²) in [7, 11) is 1.69. The Hall–Kier alpha value is -2.86. The maximum atomic E-state index is 5.88. The van der Waals surface area contributed by atoms with Gasteiger partial charge in [0.2, 0.25) is 0 Å². The minimum atomic E-state index is -0.0247. The third-order valence-corrected chi connectivity index (χ3v) is 7.30. The molecular weight excluding hydrogens is 416 g/mol. The van der Waals surface area contributed by atoms with Crippen LogP contribution in [-0.2, 0) is 0 Å². The molecule has 3 heterocycles. The molecule has 2 atom stereocenters. The summed E-state index contributed by atoms with van der Waals surface area (Å²) < 4.78 is 7.94. The van der Waals surface area contributed by atoms with Gasteiger partial charge in [0.1, 0.15) is 5.75 Å². The number of ether oxygens (including phenoxy) is 1. The zero-order valence-corrected chi connectivity index (χ0v) is 19.7. The Kier molecular flexibility index (Phi) is 5.64. The average Bonchev–Trinajstić information content (AvgIpc) is 3.52. The van der Waals surface area contributed by atoms with Gasteiger partial charge in [-0.25, -0.2) is 0 Å². The standard InChI is InChI=1S/C26H30N4OS/c1-17-16-22(18(2)29(17)19-8-4-5-9-19)25-24(23-10-6-7-15-27-23)28-26(32)30(25)20-11-13-21(31-3)14-12-20/h6-7,10-16,19,24-25H,4-5,8-9H2,1-3H3,(H,28,32)/t24-,25+/m1/s1. The lowest BCUT2D eigenvalue weighted by atomic mass is 9.96. The van der Waals surface area contributed by atoms with Crippen molar-refractivity contribution in [3.05, 3.63) is 77.4 Å². The lowest BCUT2D eigenvalue weighted by Gasteiger charge is -2.28. The highest BCUT2D eigenvalue weighted by molar-refractivity contribution is 7.80. The second-order valence-corrected chi connectivity index (χ2v) is 9.22. The third kappa shape index (κ3) is 3.56. The van der Waals surface area contributed by atoms with Gasteiger partial charge in [0.15, 0.2) is 5.11 Å². The Bertz CT molecular complexity index is 1100. The van der Waals surface area contributed by atoms with Crippen LogP contribution in [0.3, 0.4) is 0 Å². The summed E-state index contributed by atoms with van der Waals surface area (Å²) in [5, 5.41) is 4.30. The molecule has 0 radical (unpaired) electrons. The van der Waals surface area contributed by atoms with Gasteiger partial charge in [0.25, 0.3) is 0 Å². The topological polar surface area (TPSA) is 42.3 Å². The number of anilines is 1. The molecule has 1 N–H and O–H groups in total. The number of aryl methyl sites for hydroxylation is 1. The first-order chi connectivity index (χ1) is 15.6. The number of rotatable bonds is 5. The van der Waals surface area contributed by atoms with Crippen LogP contribution in [0, 0.1) is 13.8 Å². The Morgan fingerprint density at radius 3 is 2.47 bits per heavy atom. The van der Waals surface area contributed by atoms with Crippen LogP contribution in [0.1, 0.15) is 66.5 Å². The van der Waals surface area contributed by atoms with E-state index in [1.165, 1.54) is 42.6 Å². The van der Waals surface area contributed by atoms with Crippen LogP contribution in [0.4, 0.5) is 5.69 Å². The summed E-state index contributed by atoms with van der Waals surface area (Å²) in [5.41, 5.74) is 6.04. The minimum absolute atomic E-state index is 0.0205.